The predicted octanol–water partition coefficient (Wildman–Crippen LogP) is 3.07. The molecule has 0 saturated carbocycles. The van der Waals surface area contributed by atoms with Crippen LogP contribution >= 0.6 is 0 Å². The first-order chi connectivity index (χ1) is 9.77. The molecule has 0 unspecified atom stereocenters. The van der Waals surface area contributed by atoms with E-state index >= 15 is 0 Å². The van der Waals surface area contributed by atoms with Crippen molar-refractivity contribution in [2.75, 3.05) is 11.1 Å². The van der Waals surface area contributed by atoms with E-state index in [1.165, 1.54) is 18.3 Å². The fourth-order valence-electron chi connectivity index (χ4n) is 1.59. The van der Waals surface area contributed by atoms with Crippen molar-refractivity contribution in [1.82, 2.24) is 4.98 Å². The number of anilines is 2. The van der Waals surface area contributed by atoms with E-state index in [-0.39, 0.29) is 17.1 Å². The number of aromatic nitrogens is 1. The molecule has 0 aliphatic heterocycles. The third kappa shape index (κ3) is 3.47. The van der Waals surface area contributed by atoms with E-state index in [4.69, 9.17) is 5.73 Å². The summed E-state index contributed by atoms with van der Waals surface area (Å²) >= 11 is 0. The lowest BCUT2D eigenvalue weighted by Crippen LogP contribution is -2.15. The summed E-state index contributed by atoms with van der Waals surface area (Å²) in [6.45, 7) is 0. The van der Waals surface area contributed by atoms with Crippen molar-refractivity contribution in [3.63, 3.8) is 0 Å². The second kappa shape index (κ2) is 5.39. The standard InChI is InChI=1S/C13H9F4N3O/c14-10-2-1-8(6-9(10)13(15,16)17)20-12(21)11-5-7(18)3-4-19-11/h1-6H,(H2,18,19)(H,20,21). The summed E-state index contributed by atoms with van der Waals surface area (Å²) < 4.78 is 50.8. The van der Waals surface area contributed by atoms with Crippen LogP contribution in [-0.4, -0.2) is 10.9 Å². The lowest BCUT2D eigenvalue weighted by molar-refractivity contribution is -0.139. The molecule has 0 saturated heterocycles. The van der Waals surface area contributed by atoms with Gasteiger partial charge < -0.3 is 11.1 Å². The van der Waals surface area contributed by atoms with Gasteiger partial charge in [0.15, 0.2) is 0 Å². The van der Waals surface area contributed by atoms with Gasteiger partial charge in [-0.05, 0) is 30.3 Å². The highest BCUT2D eigenvalue weighted by Crippen LogP contribution is 2.33. The molecular formula is C13H9F4N3O. The molecule has 4 nitrogen and oxygen atoms in total. The summed E-state index contributed by atoms with van der Waals surface area (Å²) in [4.78, 5) is 15.5. The number of carbonyl (C=O) groups excluding carboxylic acids is 1. The molecule has 0 aliphatic rings. The minimum Gasteiger partial charge on any atom is -0.399 e. The number of rotatable bonds is 2. The number of halogens is 4. The van der Waals surface area contributed by atoms with Gasteiger partial charge in [0.2, 0.25) is 0 Å². The molecule has 21 heavy (non-hydrogen) atoms. The van der Waals surface area contributed by atoms with Crippen LogP contribution in [0.15, 0.2) is 36.5 Å². The molecule has 0 radical (unpaired) electrons. The van der Waals surface area contributed by atoms with E-state index in [0.29, 0.717) is 12.1 Å². The molecule has 2 aromatic rings. The van der Waals surface area contributed by atoms with Crippen molar-refractivity contribution in [1.29, 1.82) is 0 Å². The number of nitrogens with one attached hydrogen (secondary N) is 1. The van der Waals surface area contributed by atoms with Crippen LogP contribution in [0.3, 0.4) is 0 Å². The second-order valence-electron chi connectivity index (χ2n) is 4.12. The van der Waals surface area contributed by atoms with Crippen LogP contribution in [0.25, 0.3) is 0 Å². The Morgan fingerprint density at radius 2 is 1.90 bits per heavy atom. The molecule has 2 rings (SSSR count). The van der Waals surface area contributed by atoms with Crippen LogP contribution in [-0.2, 0) is 6.18 Å². The van der Waals surface area contributed by atoms with E-state index in [1.807, 2.05) is 0 Å². The summed E-state index contributed by atoms with van der Waals surface area (Å²) in [5.74, 6) is -2.16. The summed E-state index contributed by atoms with van der Waals surface area (Å²) in [7, 11) is 0. The fourth-order valence-corrected chi connectivity index (χ4v) is 1.59. The highest BCUT2D eigenvalue weighted by molar-refractivity contribution is 6.03. The maximum absolute atomic E-state index is 13.1. The fraction of sp³-hybridized carbons (Fsp3) is 0.0769. The molecule has 1 aromatic heterocycles. The van der Waals surface area contributed by atoms with Crippen LogP contribution in [0.5, 0.6) is 0 Å². The molecule has 1 aromatic carbocycles. The van der Waals surface area contributed by atoms with Gasteiger partial charge in [-0.2, -0.15) is 13.2 Å². The minimum absolute atomic E-state index is 0.0621. The average Bonchev–Trinajstić information content (AvgIpc) is 2.39. The normalized spacial score (nSPS) is 11.2. The number of carbonyl (C=O) groups is 1. The van der Waals surface area contributed by atoms with E-state index in [9.17, 15) is 22.4 Å². The Balaban J connectivity index is 2.26. The molecule has 0 atom stereocenters. The molecule has 110 valence electrons. The number of hydrogen-bond acceptors (Lipinski definition) is 3. The highest BCUT2D eigenvalue weighted by Gasteiger charge is 2.34. The SMILES string of the molecule is Nc1ccnc(C(=O)Nc2ccc(F)c(C(F)(F)F)c2)c1. The third-order valence-corrected chi connectivity index (χ3v) is 2.55. The Bertz CT molecular complexity index is 685. The number of alkyl halides is 3. The van der Waals surface area contributed by atoms with Crippen LogP contribution in [0, 0.1) is 5.82 Å². The molecule has 0 bridgehead atoms. The number of nitrogens with zero attached hydrogens (tertiary/aromatic N) is 1. The molecular weight excluding hydrogens is 290 g/mol. The van der Waals surface area contributed by atoms with Crippen LogP contribution in [0.4, 0.5) is 28.9 Å². The molecule has 0 fully saturated rings. The number of hydrogen-bond donors (Lipinski definition) is 2. The molecule has 1 heterocycles. The maximum Gasteiger partial charge on any atom is 0.419 e. The topological polar surface area (TPSA) is 68.0 Å². The first-order valence-corrected chi connectivity index (χ1v) is 5.67. The monoisotopic (exact) mass is 299 g/mol. The van der Waals surface area contributed by atoms with Crippen molar-refractivity contribution in [2.24, 2.45) is 0 Å². The van der Waals surface area contributed by atoms with Gasteiger partial charge in [0, 0.05) is 17.6 Å². The zero-order chi connectivity index (χ0) is 15.6. The van der Waals surface area contributed by atoms with Gasteiger partial charge >= 0.3 is 6.18 Å². The van der Waals surface area contributed by atoms with Crippen LogP contribution in [0.2, 0.25) is 0 Å². The predicted molar refractivity (Wildman–Crippen MR) is 68.0 cm³/mol. The Hall–Kier alpha value is -2.64. The Labute approximate surface area is 116 Å². The van der Waals surface area contributed by atoms with Crippen molar-refractivity contribution < 1.29 is 22.4 Å². The molecule has 8 heteroatoms. The summed E-state index contributed by atoms with van der Waals surface area (Å²) in [5.41, 5.74) is 4.04. The van der Waals surface area contributed by atoms with Crippen molar-refractivity contribution in [3.8, 4) is 0 Å². The summed E-state index contributed by atoms with van der Waals surface area (Å²) in [6, 6.07) is 4.89. The number of pyridine rings is 1. The number of amides is 1. The van der Waals surface area contributed by atoms with E-state index in [0.717, 1.165) is 6.07 Å². The second-order valence-corrected chi connectivity index (χ2v) is 4.12. The first-order valence-electron chi connectivity index (χ1n) is 5.67. The smallest absolute Gasteiger partial charge is 0.399 e. The zero-order valence-corrected chi connectivity index (χ0v) is 10.4. The largest absolute Gasteiger partial charge is 0.419 e. The molecule has 0 spiro atoms. The molecule has 0 aliphatic carbocycles. The lowest BCUT2D eigenvalue weighted by Gasteiger charge is -2.11. The number of benzene rings is 1. The van der Waals surface area contributed by atoms with E-state index < -0.39 is 23.5 Å². The first kappa shape index (κ1) is 14.8. The van der Waals surface area contributed by atoms with Crippen molar-refractivity contribution in [2.45, 2.75) is 6.18 Å². The molecule has 3 N–H and O–H groups in total. The molecule has 1 amide bonds. The zero-order valence-electron chi connectivity index (χ0n) is 10.4. The van der Waals surface area contributed by atoms with Gasteiger partial charge in [0.05, 0.1) is 5.56 Å². The maximum atomic E-state index is 13.1. The van der Waals surface area contributed by atoms with Gasteiger partial charge in [-0.25, -0.2) is 4.39 Å². The van der Waals surface area contributed by atoms with Gasteiger partial charge in [-0.1, -0.05) is 0 Å². The van der Waals surface area contributed by atoms with Gasteiger partial charge in [-0.15, -0.1) is 0 Å². The van der Waals surface area contributed by atoms with Crippen molar-refractivity contribution in [3.05, 3.63) is 53.6 Å². The van der Waals surface area contributed by atoms with Crippen LogP contribution < -0.4 is 11.1 Å². The van der Waals surface area contributed by atoms with Gasteiger partial charge in [0.25, 0.3) is 5.91 Å². The number of nitrogen functional groups attached to an aromatic ring is 1. The third-order valence-electron chi connectivity index (χ3n) is 2.55. The average molecular weight is 299 g/mol. The van der Waals surface area contributed by atoms with Crippen molar-refractivity contribution >= 4 is 17.3 Å². The Morgan fingerprint density at radius 3 is 2.52 bits per heavy atom. The minimum atomic E-state index is -4.85. The van der Waals surface area contributed by atoms with Gasteiger partial charge in [-0.3, -0.25) is 9.78 Å². The van der Waals surface area contributed by atoms with E-state index in [2.05, 4.69) is 10.3 Å². The summed E-state index contributed by atoms with van der Waals surface area (Å²) in [5, 5.41) is 2.20. The lowest BCUT2D eigenvalue weighted by atomic mass is 10.1. The highest BCUT2D eigenvalue weighted by atomic mass is 19.4. The number of nitrogens with two attached hydrogens (primary N) is 1. The van der Waals surface area contributed by atoms with Gasteiger partial charge in [0.1, 0.15) is 11.5 Å². The van der Waals surface area contributed by atoms with Crippen LogP contribution in [0.1, 0.15) is 16.1 Å². The quantitative estimate of drug-likeness (QED) is 0.837. The van der Waals surface area contributed by atoms with E-state index in [1.54, 1.807) is 0 Å². The Kier molecular flexibility index (Phi) is 3.79. The Morgan fingerprint density at radius 1 is 1.19 bits per heavy atom. The summed E-state index contributed by atoms with van der Waals surface area (Å²) in [6.07, 6.45) is -3.56.